The van der Waals surface area contributed by atoms with E-state index < -0.39 is 0 Å². The summed E-state index contributed by atoms with van der Waals surface area (Å²) < 4.78 is 5.17. The molecule has 2 N–H and O–H groups in total. The third-order valence-corrected chi connectivity index (χ3v) is 3.21. The van der Waals surface area contributed by atoms with Crippen LogP contribution in [0.3, 0.4) is 0 Å². The van der Waals surface area contributed by atoms with Gasteiger partial charge in [-0.05, 0) is 24.3 Å². The number of benzene rings is 1. The summed E-state index contributed by atoms with van der Waals surface area (Å²) in [6.45, 7) is 6.21. The lowest BCUT2D eigenvalue weighted by atomic mass is 9.96. The highest BCUT2D eigenvalue weighted by atomic mass is 16.5. The molecule has 5 nitrogen and oxygen atoms in total. The van der Waals surface area contributed by atoms with Crippen molar-refractivity contribution >= 4 is 17.3 Å². The molecule has 0 aliphatic carbocycles. The van der Waals surface area contributed by atoms with Gasteiger partial charge in [0.2, 0.25) is 0 Å². The lowest BCUT2D eigenvalue weighted by Gasteiger charge is -2.23. The van der Waals surface area contributed by atoms with E-state index in [0.717, 1.165) is 23.1 Å². The zero-order valence-corrected chi connectivity index (χ0v) is 13.2. The van der Waals surface area contributed by atoms with Gasteiger partial charge in [-0.25, -0.2) is 9.97 Å². The van der Waals surface area contributed by atoms with Crippen LogP contribution in [0.1, 0.15) is 26.6 Å². The Morgan fingerprint density at radius 1 is 1.10 bits per heavy atom. The summed E-state index contributed by atoms with van der Waals surface area (Å²) in [6, 6.07) is 9.57. The second-order valence-electron chi connectivity index (χ2n) is 5.98. The van der Waals surface area contributed by atoms with Crippen molar-refractivity contribution in [2.75, 3.05) is 24.8 Å². The normalized spacial score (nSPS) is 11.3. The van der Waals surface area contributed by atoms with E-state index in [0.29, 0.717) is 5.82 Å². The lowest BCUT2D eigenvalue weighted by molar-refractivity contribution is 0.415. The first-order valence-electron chi connectivity index (χ1n) is 6.84. The Kier molecular flexibility index (Phi) is 4.02. The summed E-state index contributed by atoms with van der Waals surface area (Å²) in [7, 11) is 3.61. The third kappa shape index (κ3) is 3.42. The van der Waals surface area contributed by atoms with E-state index in [-0.39, 0.29) is 5.41 Å². The van der Waals surface area contributed by atoms with Gasteiger partial charge in [0.15, 0.2) is 0 Å². The van der Waals surface area contributed by atoms with Crippen LogP contribution >= 0.6 is 0 Å². The van der Waals surface area contributed by atoms with Crippen molar-refractivity contribution in [3.8, 4) is 5.75 Å². The molecule has 1 aromatic carbocycles. The Morgan fingerprint density at radius 3 is 2.24 bits per heavy atom. The van der Waals surface area contributed by atoms with Crippen LogP contribution in [0.2, 0.25) is 0 Å². The Bertz CT molecular complexity index is 617. The van der Waals surface area contributed by atoms with Gasteiger partial charge in [-0.1, -0.05) is 20.8 Å². The molecule has 112 valence electrons. The Balaban J connectivity index is 2.38. The fourth-order valence-electron chi connectivity index (χ4n) is 1.90. The summed E-state index contributed by atoms with van der Waals surface area (Å²) in [5.74, 6) is 2.81. The van der Waals surface area contributed by atoms with Crippen LogP contribution in [0.4, 0.5) is 17.3 Å². The van der Waals surface area contributed by atoms with E-state index in [4.69, 9.17) is 10.5 Å². The summed E-state index contributed by atoms with van der Waals surface area (Å²) in [5, 5.41) is 0. The molecular weight excluding hydrogens is 264 g/mol. The van der Waals surface area contributed by atoms with Crippen molar-refractivity contribution in [2.45, 2.75) is 26.2 Å². The molecule has 0 atom stereocenters. The van der Waals surface area contributed by atoms with Crippen molar-refractivity contribution in [1.29, 1.82) is 0 Å². The molecule has 0 aliphatic rings. The molecule has 0 spiro atoms. The van der Waals surface area contributed by atoms with Crippen molar-refractivity contribution in [2.24, 2.45) is 0 Å². The molecule has 0 saturated heterocycles. The molecule has 0 bridgehead atoms. The quantitative estimate of drug-likeness (QED) is 0.939. The zero-order valence-electron chi connectivity index (χ0n) is 13.2. The van der Waals surface area contributed by atoms with Crippen LogP contribution in [0.5, 0.6) is 5.75 Å². The van der Waals surface area contributed by atoms with Gasteiger partial charge in [0, 0.05) is 24.2 Å². The number of aromatic nitrogens is 2. The molecule has 2 rings (SSSR count). The zero-order chi connectivity index (χ0) is 15.6. The number of nitrogen functional groups attached to an aromatic ring is 1. The van der Waals surface area contributed by atoms with E-state index >= 15 is 0 Å². The van der Waals surface area contributed by atoms with Crippen molar-refractivity contribution in [1.82, 2.24) is 9.97 Å². The predicted molar refractivity (Wildman–Crippen MR) is 86.2 cm³/mol. The van der Waals surface area contributed by atoms with Crippen LogP contribution in [0, 0.1) is 0 Å². The molecule has 5 heteroatoms. The molecule has 0 amide bonds. The number of rotatable bonds is 3. The molecule has 1 aromatic heterocycles. The van der Waals surface area contributed by atoms with Crippen molar-refractivity contribution in [3.63, 3.8) is 0 Å². The summed E-state index contributed by atoms with van der Waals surface area (Å²) in [5.41, 5.74) is 6.78. The Hall–Kier alpha value is -2.30. The summed E-state index contributed by atoms with van der Waals surface area (Å²) in [4.78, 5) is 10.9. The molecule has 21 heavy (non-hydrogen) atoms. The number of ether oxygens (including phenoxy) is 1. The first kappa shape index (κ1) is 15.1. The van der Waals surface area contributed by atoms with Gasteiger partial charge in [-0.15, -0.1) is 0 Å². The highest BCUT2D eigenvalue weighted by Gasteiger charge is 2.20. The van der Waals surface area contributed by atoms with Gasteiger partial charge >= 0.3 is 0 Å². The standard InChI is InChI=1S/C16H22N4O/c1-16(2,3)15-18-13(17)10-14(19-15)20(4)11-6-8-12(21-5)9-7-11/h6-10H,1-5H3,(H2,17,18,19). The SMILES string of the molecule is COc1ccc(N(C)c2cc(N)nc(C(C)(C)C)n2)cc1. The lowest BCUT2D eigenvalue weighted by Crippen LogP contribution is -2.20. The van der Waals surface area contributed by atoms with Crippen LogP contribution in [0.25, 0.3) is 0 Å². The number of nitrogens with two attached hydrogens (primary N) is 1. The van der Waals surface area contributed by atoms with Gasteiger partial charge < -0.3 is 15.4 Å². The second kappa shape index (κ2) is 5.60. The molecule has 2 aromatic rings. The first-order valence-corrected chi connectivity index (χ1v) is 6.84. The van der Waals surface area contributed by atoms with Crippen molar-refractivity contribution in [3.05, 3.63) is 36.2 Å². The Labute approximate surface area is 125 Å². The number of hydrogen-bond acceptors (Lipinski definition) is 5. The molecule has 0 unspecified atom stereocenters. The van der Waals surface area contributed by atoms with Crippen molar-refractivity contribution < 1.29 is 4.74 Å². The number of anilines is 3. The molecule has 0 saturated carbocycles. The maximum absolute atomic E-state index is 5.92. The average molecular weight is 286 g/mol. The average Bonchev–Trinajstić information content (AvgIpc) is 2.45. The highest BCUT2D eigenvalue weighted by Crippen LogP contribution is 2.27. The fourth-order valence-corrected chi connectivity index (χ4v) is 1.90. The molecule has 0 fully saturated rings. The topological polar surface area (TPSA) is 64.3 Å². The van der Waals surface area contributed by atoms with E-state index in [2.05, 4.69) is 30.7 Å². The van der Waals surface area contributed by atoms with Crippen LogP contribution in [-0.2, 0) is 5.41 Å². The monoisotopic (exact) mass is 286 g/mol. The Morgan fingerprint density at radius 2 is 1.71 bits per heavy atom. The second-order valence-corrected chi connectivity index (χ2v) is 5.98. The van der Waals surface area contributed by atoms with Gasteiger partial charge in [-0.2, -0.15) is 0 Å². The van der Waals surface area contributed by atoms with E-state index in [9.17, 15) is 0 Å². The summed E-state index contributed by atoms with van der Waals surface area (Å²) in [6.07, 6.45) is 0. The van der Waals surface area contributed by atoms with E-state index in [1.54, 1.807) is 13.2 Å². The largest absolute Gasteiger partial charge is 0.497 e. The predicted octanol–water partition coefficient (Wildman–Crippen LogP) is 3.13. The smallest absolute Gasteiger partial charge is 0.138 e. The minimum Gasteiger partial charge on any atom is -0.497 e. The molecular formula is C16H22N4O. The highest BCUT2D eigenvalue weighted by molar-refractivity contribution is 5.62. The van der Waals surface area contributed by atoms with Crippen LogP contribution in [0.15, 0.2) is 30.3 Å². The van der Waals surface area contributed by atoms with E-state index in [1.807, 2.05) is 36.2 Å². The minimum absolute atomic E-state index is 0.148. The van der Waals surface area contributed by atoms with Gasteiger partial charge in [0.25, 0.3) is 0 Å². The number of methoxy groups -OCH3 is 1. The number of hydrogen-bond donors (Lipinski definition) is 1. The minimum atomic E-state index is -0.148. The molecule has 0 radical (unpaired) electrons. The maximum atomic E-state index is 5.92. The van der Waals surface area contributed by atoms with Gasteiger partial charge in [-0.3, -0.25) is 0 Å². The third-order valence-electron chi connectivity index (χ3n) is 3.21. The summed E-state index contributed by atoms with van der Waals surface area (Å²) >= 11 is 0. The van der Waals surface area contributed by atoms with Gasteiger partial charge in [0.1, 0.15) is 23.2 Å². The van der Waals surface area contributed by atoms with Crippen LogP contribution in [-0.4, -0.2) is 24.1 Å². The fraction of sp³-hybridized carbons (Fsp3) is 0.375. The number of nitrogens with zero attached hydrogens (tertiary/aromatic N) is 3. The van der Waals surface area contributed by atoms with Crippen LogP contribution < -0.4 is 15.4 Å². The van der Waals surface area contributed by atoms with Gasteiger partial charge in [0.05, 0.1) is 7.11 Å². The molecule has 1 heterocycles. The molecule has 0 aliphatic heterocycles. The van der Waals surface area contributed by atoms with E-state index in [1.165, 1.54) is 0 Å². The first-order chi connectivity index (χ1) is 9.81. The maximum Gasteiger partial charge on any atom is 0.138 e.